The van der Waals surface area contributed by atoms with Crippen LogP contribution in [0.5, 0.6) is 0 Å². The maximum absolute atomic E-state index is 12.4. The Labute approximate surface area is 108 Å². The number of carbonyl (C=O) groups excluding carboxylic acids is 1. The molecule has 1 saturated heterocycles. The zero-order chi connectivity index (χ0) is 13.9. The molecule has 0 aromatic heterocycles. The number of nitrogens with one attached hydrogen (secondary N) is 1. The van der Waals surface area contributed by atoms with Gasteiger partial charge in [-0.1, -0.05) is 20.8 Å². The summed E-state index contributed by atoms with van der Waals surface area (Å²) in [7, 11) is 0. The standard InChI is InChI=1S/C13H24F2N2O/c1-9(11(14)15)16-10-5-7-17(8-6-10)12(18)13(2,3)4/h9-11,16H,5-8H2,1-4H3. The van der Waals surface area contributed by atoms with Crippen LogP contribution in [0.15, 0.2) is 0 Å². The maximum Gasteiger partial charge on any atom is 0.253 e. The predicted octanol–water partition coefficient (Wildman–Crippen LogP) is 2.27. The number of hydrogen-bond acceptors (Lipinski definition) is 2. The number of hydrogen-bond donors (Lipinski definition) is 1. The lowest BCUT2D eigenvalue weighted by molar-refractivity contribution is -0.140. The van der Waals surface area contributed by atoms with Crippen LogP contribution in [0, 0.1) is 5.41 Å². The highest BCUT2D eigenvalue weighted by atomic mass is 19.3. The van der Waals surface area contributed by atoms with Gasteiger partial charge in [-0.3, -0.25) is 4.79 Å². The summed E-state index contributed by atoms with van der Waals surface area (Å²) in [5.74, 6) is 0.142. The second kappa shape index (κ2) is 5.95. The highest BCUT2D eigenvalue weighted by molar-refractivity contribution is 5.81. The number of nitrogens with zero attached hydrogens (tertiary/aromatic N) is 1. The summed E-state index contributed by atoms with van der Waals surface area (Å²) in [5, 5.41) is 2.93. The molecule has 1 aliphatic rings. The largest absolute Gasteiger partial charge is 0.342 e. The third-order valence-electron chi connectivity index (χ3n) is 3.30. The van der Waals surface area contributed by atoms with Gasteiger partial charge in [0.2, 0.25) is 5.91 Å². The average Bonchev–Trinajstić information content (AvgIpc) is 2.27. The quantitative estimate of drug-likeness (QED) is 0.846. The van der Waals surface area contributed by atoms with Gasteiger partial charge in [-0.15, -0.1) is 0 Å². The normalized spacial score (nSPS) is 20.3. The second-order valence-electron chi connectivity index (χ2n) is 6.11. The Morgan fingerprint density at radius 2 is 1.78 bits per heavy atom. The molecule has 5 heteroatoms. The number of piperidine rings is 1. The first-order valence-corrected chi connectivity index (χ1v) is 6.55. The summed E-state index contributed by atoms with van der Waals surface area (Å²) in [6.45, 7) is 8.51. The Morgan fingerprint density at radius 1 is 1.28 bits per heavy atom. The van der Waals surface area contributed by atoms with Crippen molar-refractivity contribution in [1.82, 2.24) is 10.2 Å². The number of rotatable bonds is 3. The first-order valence-electron chi connectivity index (χ1n) is 6.55. The van der Waals surface area contributed by atoms with E-state index in [1.165, 1.54) is 6.92 Å². The molecule has 0 radical (unpaired) electrons. The molecule has 1 amide bonds. The lowest BCUT2D eigenvalue weighted by Crippen LogP contribution is -2.50. The first-order chi connectivity index (χ1) is 8.21. The Kier molecular flexibility index (Phi) is 5.08. The van der Waals surface area contributed by atoms with E-state index >= 15 is 0 Å². The van der Waals surface area contributed by atoms with Gasteiger partial charge < -0.3 is 10.2 Å². The van der Waals surface area contributed by atoms with Crippen LogP contribution in [0.3, 0.4) is 0 Å². The van der Waals surface area contributed by atoms with Gasteiger partial charge in [-0.25, -0.2) is 8.78 Å². The van der Waals surface area contributed by atoms with Gasteiger partial charge in [0.1, 0.15) is 0 Å². The number of carbonyl (C=O) groups is 1. The third-order valence-corrected chi connectivity index (χ3v) is 3.30. The van der Waals surface area contributed by atoms with Crippen molar-refractivity contribution in [3.05, 3.63) is 0 Å². The average molecular weight is 262 g/mol. The van der Waals surface area contributed by atoms with Crippen molar-refractivity contribution in [3.63, 3.8) is 0 Å². The van der Waals surface area contributed by atoms with Gasteiger partial charge in [0.05, 0.1) is 6.04 Å². The van der Waals surface area contributed by atoms with E-state index in [0.29, 0.717) is 13.1 Å². The van der Waals surface area contributed by atoms with Crippen molar-refractivity contribution in [2.75, 3.05) is 13.1 Å². The molecule has 1 fully saturated rings. The Balaban J connectivity index is 2.40. The summed E-state index contributed by atoms with van der Waals surface area (Å²) in [6, 6.07) is -0.683. The third kappa shape index (κ3) is 4.19. The topological polar surface area (TPSA) is 32.3 Å². The zero-order valence-corrected chi connectivity index (χ0v) is 11.7. The van der Waals surface area contributed by atoms with Crippen LogP contribution in [0.4, 0.5) is 8.78 Å². The molecule has 0 saturated carbocycles. The van der Waals surface area contributed by atoms with Crippen molar-refractivity contribution >= 4 is 5.91 Å². The molecule has 1 N–H and O–H groups in total. The maximum atomic E-state index is 12.4. The fourth-order valence-electron chi connectivity index (χ4n) is 2.17. The van der Waals surface area contributed by atoms with E-state index in [0.717, 1.165) is 12.8 Å². The molecule has 0 aromatic carbocycles. The molecule has 1 unspecified atom stereocenters. The summed E-state index contributed by atoms with van der Waals surface area (Å²) < 4.78 is 24.8. The van der Waals surface area contributed by atoms with E-state index in [4.69, 9.17) is 0 Å². The molecular weight excluding hydrogens is 238 g/mol. The van der Waals surface area contributed by atoms with Crippen molar-refractivity contribution in [2.24, 2.45) is 5.41 Å². The van der Waals surface area contributed by atoms with Crippen molar-refractivity contribution in [2.45, 2.75) is 59.0 Å². The van der Waals surface area contributed by atoms with Gasteiger partial charge >= 0.3 is 0 Å². The van der Waals surface area contributed by atoms with E-state index in [1.807, 2.05) is 25.7 Å². The van der Waals surface area contributed by atoms with Crippen LogP contribution in [0.1, 0.15) is 40.5 Å². The SMILES string of the molecule is CC(NC1CCN(C(=O)C(C)(C)C)CC1)C(F)F. The molecule has 3 nitrogen and oxygen atoms in total. The molecular formula is C13H24F2N2O. The number of amides is 1. The van der Waals surface area contributed by atoms with Crippen molar-refractivity contribution in [3.8, 4) is 0 Å². The minimum Gasteiger partial charge on any atom is -0.342 e. The number of halogens is 2. The van der Waals surface area contributed by atoms with E-state index in [9.17, 15) is 13.6 Å². The van der Waals surface area contributed by atoms with Gasteiger partial charge in [-0.05, 0) is 19.8 Å². The highest BCUT2D eigenvalue weighted by Gasteiger charge is 2.31. The minimum atomic E-state index is -2.33. The second-order valence-corrected chi connectivity index (χ2v) is 6.11. The first kappa shape index (κ1) is 15.3. The lowest BCUT2D eigenvalue weighted by atomic mass is 9.93. The van der Waals surface area contributed by atoms with Crippen LogP contribution in [-0.4, -0.2) is 42.4 Å². The van der Waals surface area contributed by atoms with E-state index in [2.05, 4.69) is 5.32 Å². The smallest absolute Gasteiger partial charge is 0.253 e. The van der Waals surface area contributed by atoms with Crippen LogP contribution >= 0.6 is 0 Å². The molecule has 0 aliphatic carbocycles. The number of alkyl halides is 2. The van der Waals surface area contributed by atoms with E-state index in [1.54, 1.807) is 0 Å². The van der Waals surface area contributed by atoms with Gasteiger partial charge in [-0.2, -0.15) is 0 Å². The number of likely N-dealkylation sites (tertiary alicyclic amines) is 1. The summed E-state index contributed by atoms with van der Waals surface area (Å²) in [4.78, 5) is 13.9. The van der Waals surface area contributed by atoms with E-state index < -0.39 is 12.5 Å². The molecule has 1 aliphatic heterocycles. The molecule has 106 valence electrons. The van der Waals surface area contributed by atoms with Gasteiger partial charge in [0.25, 0.3) is 6.43 Å². The van der Waals surface area contributed by atoms with Crippen molar-refractivity contribution in [1.29, 1.82) is 0 Å². The molecule has 1 heterocycles. The van der Waals surface area contributed by atoms with Gasteiger partial charge in [0.15, 0.2) is 0 Å². The van der Waals surface area contributed by atoms with Gasteiger partial charge in [0, 0.05) is 24.5 Å². The van der Waals surface area contributed by atoms with Crippen LogP contribution in [-0.2, 0) is 4.79 Å². The Hall–Kier alpha value is -0.710. The molecule has 0 aromatic rings. The highest BCUT2D eigenvalue weighted by Crippen LogP contribution is 2.21. The summed E-state index contributed by atoms with van der Waals surface area (Å²) in [5.41, 5.74) is -0.365. The lowest BCUT2D eigenvalue weighted by Gasteiger charge is -2.36. The summed E-state index contributed by atoms with van der Waals surface area (Å²) >= 11 is 0. The Morgan fingerprint density at radius 3 is 2.17 bits per heavy atom. The summed E-state index contributed by atoms with van der Waals surface area (Å²) in [6.07, 6.45) is -0.836. The molecule has 0 bridgehead atoms. The van der Waals surface area contributed by atoms with Crippen molar-refractivity contribution < 1.29 is 13.6 Å². The molecule has 1 atom stereocenters. The fraction of sp³-hybridized carbons (Fsp3) is 0.923. The predicted molar refractivity (Wildman–Crippen MR) is 67.7 cm³/mol. The van der Waals surface area contributed by atoms with Crippen LogP contribution in [0.25, 0.3) is 0 Å². The monoisotopic (exact) mass is 262 g/mol. The molecule has 1 rings (SSSR count). The molecule has 18 heavy (non-hydrogen) atoms. The fourth-order valence-corrected chi connectivity index (χ4v) is 2.17. The van der Waals surface area contributed by atoms with Crippen LogP contribution < -0.4 is 5.32 Å². The van der Waals surface area contributed by atoms with Crippen LogP contribution in [0.2, 0.25) is 0 Å². The molecule has 0 spiro atoms. The zero-order valence-electron chi connectivity index (χ0n) is 11.7. The van der Waals surface area contributed by atoms with E-state index in [-0.39, 0.29) is 17.4 Å². The minimum absolute atomic E-state index is 0.0954. The Bertz CT molecular complexity index is 281.